The molecule has 0 radical (unpaired) electrons. The van der Waals surface area contributed by atoms with Crippen LogP contribution in [-0.4, -0.2) is 65.7 Å². The summed E-state index contributed by atoms with van der Waals surface area (Å²) < 4.78 is 5.52. The molecule has 15 heteroatoms. The van der Waals surface area contributed by atoms with E-state index in [9.17, 15) is 24.0 Å². The highest BCUT2D eigenvalue weighted by Gasteiger charge is 2.27. The Bertz CT molecular complexity index is 1810. The van der Waals surface area contributed by atoms with E-state index in [1.54, 1.807) is 24.3 Å². The van der Waals surface area contributed by atoms with E-state index in [1.165, 1.54) is 5.01 Å². The third-order valence-electron chi connectivity index (χ3n) is 7.51. The number of rotatable bonds is 15. The van der Waals surface area contributed by atoms with E-state index >= 15 is 0 Å². The van der Waals surface area contributed by atoms with E-state index < -0.39 is 30.0 Å². The van der Waals surface area contributed by atoms with Crippen LogP contribution in [0.5, 0.6) is 0 Å². The smallest absolute Gasteiger partial charge is 0.435 e. The highest BCUT2D eigenvalue weighted by molar-refractivity contribution is 6.06. The molecule has 0 saturated heterocycles. The number of primary amides is 1. The summed E-state index contributed by atoms with van der Waals surface area (Å²) in [6, 6.07) is 23.9. The molecular weight excluding hydrogens is 690 g/mol. The number of terminal acetylenes is 1. The first kappa shape index (κ1) is 41.7. The van der Waals surface area contributed by atoms with Crippen molar-refractivity contribution < 1.29 is 28.7 Å². The fourth-order valence-electron chi connectivity index (χ4n) is 4.73. The first-order valence-electron chi connectivity index (χ1n) is 17.4. The molecule has 1 heterocycles. The Morgan fingerprint density at radius 1 is 0.889 bits per heavy atom. The van der Waals surface area contributed by atoms with Crippen molar-refractivity contribution in [3.8, 4) is 12.3 Å². The average Bonchev–Trinajstić information content (AvgIpc) is 3.17. The maximum absolute atomic E-state index is 13.0. The first-order valence-corrected chi connectivity index (χ1v) is 17.4. The van der Waals surface area contributed by atoms with Crippen LogP contribution in [0.2, 0.25) is 0 Å². The summed E-state index contributed by atoms with van der Waals surface area (Å²) in [7, 11) is 0. The van der Waals surface area contributed by atoms with Crippen LogP contribution in [0, 0.1) is 18.3 Å². The number of nitrogens with two attached hydrogens (primary N) is 1. The fraction of sp³-hybridized carbons (Fsp3) is 0.308. The third kappa shape index (κ3) is 14.5. The third-order valence-corrected chi connectivity index (χ3v) is 7.51. The molecule has 1 aliphatic heterocycles. The van der Waals surface area contributed by atoms with Crippen LogP contribution in [0.1, 0.15) is 56.7 Å². The summed E-state index contributed by atoms with van der Waals surface area (Å²) >= 11 is 0. The zero-order chi connectivity index (χ0) is 39.3. The minimum absolute atomic E-state index is 0.0475. The number of hydrazine groups is 1. The number of nitrogens with one attached hydrogen (secondary N) is 5. The number of hydrogen-bond acceptors (Lipinski definition) is 9. The van der Waals surface area contributed by atoms with Crippen molar-refractivity contribution in [3.05, 3.63) is 102 Å². The summed E-state index contributed by atoms with van der Waals surface area (Å²) in [6.07, 6.45) is 6.47. The van der Waals surface area contributed by atoms with Gasteiger partial charge in [-0.1, -0.05) is 93.6 Å². The van der Waals surface area contributed by atoms with Crippen LogP contribution in [0.4, 0.5) is 15.3 Å². The van der Waals surface area contributed by atoms with Crippen LogP contribution >= 0.6 is 0 Å². The van der Waals surface area contributed by atoms with E-state index in [0.29, 0.717) is 42.3 Å². The predicted molar refractivity (Wildman–Crippen MR) is 207 cm³/mol. The molecule has 15 nitrogen and oxygen atoms in total. The van der Waals surface area contributed by atoms with Crippen LogP contribution in [0.15, 0.2) is 95.1 Å². The number of carbonyl (C=O) groups is 5. The number of nitrogens with zero attached hydrogens (tertiary/aromatic N) is 3. The first-order chi connectivity index (χ1) is 26.0. The van der Waals surface area contributed by atoms with Crippen molar-refractivity contribution >= 4 is 47.2 Å². The highest BCUT2D eigenvalue weighted by Crippen LogP contribution is 2.14. The van der Waals surface area contributed by atoms with Crippen LogP contribution in [-0.2, 0) is 32.1 Å². The lowest BCUT2D eigenvalue weighted by molar-refractivity contribution is -0.130. The standard InChI is InChI=1S/C35H37N7O5.C4H10N2O/c1-4-5-16-29-39-40-33(27-14-10-7-11-15-27)41-42(29)35(46)47-23-26-17-19-28(20-18-26)37-31(44)22-36-34(45)32(24(2)3)38-30(43)21-25-12-8-6-9-13-25;1-2-3-6-4(5)7/h1,6-15,17-20,24,32H,5,16,21-23H2,2-3H3,(H,36,45)(H,37,44)(H,38,43)(H,40,41);2-3H2,1H3,(H3,5,6,7). The van der Waals surface area contributed by atoms with Gasteiger partial charge in [-0.05, 0) is 35.6 Å². The molecule has 0 spiro atoms. The Balaban J connectivity index is 0.00000102. The van der Waals surface area contributed by atoms with Crippen molar-refractivity contribution in [1.82, 2.24) is 26.4 Å². The minimum Gasteiger partial charge on any atom is -0.443 e. The number of ether oxygens (including phenoxy) is 1. The summed E-state index contributed by atoms with van der Waals surface area (Å²) in [5.74, 6) is 1.87. The Hall–Kier alpha value is -6.69. The molecule has 0 bridgehead atoms. The molecule has 54 heavy (non-hydrogen) atoms. The predicted octanol–water partition coefficient (Wildman–Crippen LogP) is 3.82. The van der Waals surface area contributed by atoms with Gasteiger partial charge in [-0.3, -0.25) is 19.8 Å². The summed E-state index contributed by atoms with van der Waals surface area (Å²) in [5, 5.41) is 20.1. The van der Waals surface area contributed by atoms with Crippen molar-refractivity contribution in [3.63, 3.8) is 0 Å². The summed E-state index contributed by atoms with van der Waals surface area (Å²) in [5.41, 5.74) is 10.4. The zero-order valence-electron chi connectivity index (χ0n) is 30.6. The molecule has 4 rings (SSSR count). The van der Waals surface area contributed by atoms with Gasteiger partial charge < -0.3 is 31.7 Å². The van der Waals surface area contributed by atoms with Crippen LogP contribution in [0.25, 0.3) is 0 Å². The molecule has 0 saturated carbocycles. The van der Waals surface area contributed by atoms with Crippen molar-refractivity contribution in [2.45, 2.75) is 59.1 Å². The quantitative estimate of drug-likeness (QED) is 0.127. The van der Waals surface area contributed by atoms with Gasteiger partial charge in [-0.2, -0.15) is 5.01 Å². The molecule has 7 N–H and O–H groups in total. The minimum atomic E-state index is -0.793. The number of hydrogen-bond donors (Lipinski definition) is 6. The number of amides is 6. The molecule has 3 aromatic carbocycles. The maximum atomic E-state index is 13.0. The lowest BCUT2D eigenvalue weighted by Gasteiger charge is -2.27. The average molecular weight is 738 g/mol. The molecule has 0 fully saturated rings. The molecule has 0 aliphatic carbocycles. The largest absolute Gasteiger partial charge is 0.443 e. The van der Waals surface area contributed by atoms with Gasteiger partial charge in [0.1, 0.15) is 12.6 Å². The topological polar surface area (TPSA) is 209 Å². The number of urea groups is 1. The summed E-state index contributed by atoms with van der Waals surface area (Å²) in [4.78, 5) is 60.8. The van der Waals surface area contributed by atoms with E-state index in [-0.39, 0.29) is 31.4 Å². The van der Waals surface area contributed by atoms with Crippen LogP contribution < -0.4 is 32.4 Å². The maximum Gasteiger partial charge on any atom is 0.435 e. The number of carbonyl (C=O) groups excluding carboxylic acids is 5. The van der Waals surface area contributed by atoms with Gasteiger partial charge in [-0.15, -0.1) is 22.5 Å². The van der Waals surface area contributed by atoms with Crippen molar-refractivity contribution in [1.29, 1.82) is 0 Å². The molecule has 1 aliphatic rings. The Morgan fingerprint density at radius 3 is 2.15 bits per heavy atom. The second-order valence-corrected chi connectivity index (χ2v) is 12.2. The van der Waals surface area contributed by atoms with Gasteiger partial charge in [0.25, 0.3) is 0 Å². The molecule has 1 unspecified atom stereocenters. The van der Waals surface area contributed by atoms with E-state index in [4.69, 9.17) is 16.9 Å². The van der Waals surface area contributed by atoms with E-state index in [2.05, 4.69) is 42.8 Å². The SMILES string of the molecule is C#CCCC1=NN=C(c2ccccc2)NN1C(=O)OCc1ccc(NC(=O)CNC(=O)C(NC(=O)Cc2ccccc2)C(C)C)cc1.CCCNC(N)=O. The fourth-order valence-corrected chi connectivity index (χ4v) is 4.73. The zero-order valence-corrected chi connectivity index (χ0v) is 30.6. The molecular formula is C39H47N9O6. The monoisotopic (exact) mass is 737 g/mol. The lowest BCUT2D eigenvalue weighted by Crippen LogP contribution is -2.52. The Morgan fingerprint density at radius 2 is 1.56 bits per heavy atom. The Kier molecular flexibility index (Phi) is 17.2. The number of benzene rings is 3. The van der Waals surface area contributed by atoms with Gasteiger partial charge in [0.2, 0.25) is 17.7 Å². The molecule has 6 amide bonds. The van der Waals surface area contributed by atoms with Gasteiger partial charge in [-0.25, -0.2) is 9.59 Å². The molecule has 0 aromatic heterocycles. The summed E-state index contributed by atoms with van der Waals surface area (Å²) in [6.45, 7) is 5.95. The van der Waals surface area contributed by atoms with Crippen molar-refractivity contribution in [2.75, 3.05) is 18.4 Å². The van der Waals surface area contributed by atoms with Crippen LogP contribution in [0.3, 0.4) is 0 Å². The van der Waals surface area contributed by atoms with Gasteiger partial charge in [0.05, 0.1) is 13.0 Å². The molecule has 284 valence electrons. The van der Waals surface area contributed by atoms with E-state index in [0.717, 1.165) is 17.5 Å². The normalized spacial score (nSPS) is 12.2. The number of amidine groups is 2. The molecule has 3 aromatic rings. The van der Waals surface area contributed by atoms with E-state index in [1.807, 2.05) is 81.4 Å². The molecule has 1 atom stereocenters. The second-order valence-electron chi connectivity index (χ2n) is 12.2. The highest BCUT2D eigenvalue weighted by atomic mass is 16.6. The van der Waals surface area contributed by atoms with Gasteiger partial charge in [0.15, 0.2) is 11.7 Å². The van der Waals surface area contributed by atoms with Gasteiger partial charge >= 0.3 is 12.1 Å². The Labute approximate surface area is 315 Å². The van der Waals surface area contributed by atoms with Crippen molar-refractivity contribution in [2.24, 2.45) is 21.9 Å². The lowest BCUT2D eigenvalue weighted by atomic mass is 10.0. The van der Waals surface area contributed by atoms with Gasteiger partial charge in [0, 0.05) is 30.6 Å². The second kappa shape index (κ2) is 22.3. The number of anilines is 1.